The van der Waals surface area contributed by atoms with E-state index >= 15 is 0 Å². The summed E-state index contributed by atoms with van der Waals surface area (Å²) in [5.41, 5.74) is 7.35. The second kappa shape index (κ2) is 5.97. The summed E-state index contributed by atoms with van der Waals surface area (Å²) in [7, 11) is 0. The van der Waals surface area contributed by atoms with Gasteiger partial charge in [0.1, 0.15) is 10.7 Å². The van der Waals surface area contributed by atoms with Crippen LogP contribution in [0.1, 0.15) is 25.8 Å². The van der Waals surface area contributed by atoms with E-state index in [-0.39, 0.29) is 0 Å². The van der Waals surface area contributed by atoms with Crippen LogP contribution in [-0.4, -0.2) is 16.6 Å². The molecule has 0 aliphatic rings. The molecule has 19 heavy (non-hydrogen) atoms. The van der Waals surface area contributed by atoms with Crippen LogP contribution < -0.4 is 10.5 Å². The highest BCUT2D eigenvalue weighted by Gasteiger charge is 2.12. The van der Waals surface area contributed by atoms with Crippen molar-refractivity contribution in [1.29, 1.82) is 0 Å². The first-order chi connectivity index (χ1) is 9.09. The molecule has 1 heterocycles. The van der Waals surface area contributed by atoms with Crippen LogP contribution in [-0.2, 0) is 0 Å². The molecule has 0 aliphatic carbocycles. The van der Waals surface area contributed by atoms with Crippen molar-refractivity contribution >= 4 is 28.1 Å². The average molecular weight is 274 g/mol. The van der Waals surface area contributed by atoms with Gasteiger partial charge in [-0.05, 0) is 24.5 Å². The SMILES string of the molecule is CC(C)CCOc1c(C(N)=S)cnc2ccccc12. The highest BCUT2D eigenvalue weighted by Crippen LogP contribution is 2.28. The lowest BCUT2D eigenvalue weighted by Gasteiger charge is -2.14. The molecule has 1 aromatic carbocycles. The quantitative estimate of drug-likeness (QED) is 0.850. The molecule has 2 rings (SSSR count). The first-order valence-electron chi connectivity index (χ1n) is 6.40. The molecule has 0 saturated heterocycles. The fraction of sp³-hybridized carbons (Fsp3) is 0.333. The van der Waals surface area contributed by atoms with Gasteiger partial charge in [0, 0.05) is 11.6 Å². The van der Waals surface area contributed by atoms with Crippen molar-refractivity contribution in [3.8, 4) is 5.75 Å². The van der Waals surface area contributed by atoms with E-state index in [1.54, 1.807) is 6.20 Å². The normalized spacial score (nSPS) is 10.9. The van der Waals surface area contributed by atoms with Gasteiger partial charge in [-0.15, -0.1) is 0 Å². The molecular formula is C15H18N2OS. The summed E-state index contributed by atoms with van der Waals surface area (Å²) >= 11 is 5.07. The van der Waals surface area contributed by atoms with Gasteiger partial charge in [0.05, 0.1) is 17.7 Å². The zero-order valence-corrected chi connectivity index (χ0v) is 12.0. The summed E-state index contributed by atoms with van der Waals surface area (Å²) in [4.78, 5) is 4.68. The van der Waals surface area contributed by atoms with Crippen LogP contribution in [0.5, 0.6) is 5.75 Å². The molecule has 0 unspecified atom stereocenters. The maximum Gasteiger partial charge on any atom is 0.140 e. The van der Waals surface area contributed by atoms with Crippen molar-refractivity contribution < 1.29 is 4.74 Å². The predicted molar refractivity (Wildman–Crippen MR) is 82.6 cm³/mol. The molecule has 0 fully saturated rings. The van der Waals surface area contributed by atoms with Gasteiger partial charge < -0.3 is 10.5 Å². The lowest BCUT2D eigenvalue weighted by atomic mass is 10.1. The Balaban J connectivity index is 2.41. The number of aromatic nitrogens is 1. The third-order valence-corrected chi connectivity index (χ3v) is 3.15. The first-order valence-corrected chi connectivity index (χ1v) is 6.80. The molecular weight excluding hydrogens is 256 g/mol. The molecule has 100 valence electrons. The number of rotatable bonds is 5. The van der Waals surface area contributed by atoms with Gasteiger partial charge >= 0.3 is 0 Å². The number of nitrogens with zero attached hydrogens (tertiary/aromatic N) is 1. The molecule has 2 N–H and O–H groups in total. The van der Waals surface area contributed by atoms with E-state index in [0.717, 1.165) is 23.1 Å². The summed E-state index contributed by atoms with van der Waals surface area (Å²) in [5, 5.41) is 0.955. The van der Waals surface area contributed by atoms with Gasteiger partial charge in [0.25, 0.3) is 0 Å². The second-order valence-corrected chi connectivity index (χ2v) is 5.35. The second-order valence-electron chi connectivity index (χ2n) is 4.91. The Bertz CT molecular complexity index is 596. The number of hydrogen-bond acceptors (Lipinski definition) is 3. The van der Waals surface area contributed by atoms with Gasteiger partial charge in [0.15, 0.2) is 0 Å². The fourth-order valence-corrected chi connectivity index (χ4v) is 1.99. The van der Waals surface area contributed by atoms with E-state index in [1.807, 2.05) is 24.3 Å². The largest absolute Gasteiger partial charge is 0.492 e. The summed E-state index contributed by atoms with van der Waals surface area (Å²) in [6.07, 6.45) is 2.68. The summed E-state index contributed by atoms with van der Waals surface area (Å²) in [5.74, 6) is 1.35. The molecule has 0 aliphatic heterocycles. The van der Waals surface area contributed by atoms with E-state index in [0.29, 0.717) is 23.1 Å². The molecule has 0 spiro atoms. The van der Waals surface area contributed by atoms with Crippen LogP contribution >= 0.6 is 12.2 Å². The topological polar surface area (TPSA) is 48.1 Å². The third-order valence-electron chi connectivity index (χ3n) is 2.93. The number of hydrogen-bond donors (Lipinski definition) is 1. The molecule has 3 nitrogen and oxygen atoms in total. The Labute approximate surface area is 118 Å². The minimum absolute atomic E-state index is 0.317. The molecule has 0 atom stereocenters. The Kier molecular flexibility index (Phi) is 4.32. The summed E-state index contributed by atoms with van der Waals surface area (Å²) in [6, 6.07) is 7.85. The molecule has 0 saturated carbocycles. The van der Waals surface area contributed by atoms with E-state index in [4.69, 9.17) is 22.7 Å². The smallest absolute Gasteiger partial charge is 0.140 e. The third kappa shape index (κ3) is 3.20. The molecule has 2 aromatic rings. The van der Waals surface area contributed by atoms with Crippen molar-refractivity contribution in [3.05, 3.63) is 36.0 Å². The Morgan fingerprint density at radius 1 is 1.37 bits per heavy atom. The van der Waals surface area contributed by atoms with Gasteiger partial charge in [-0.25, -0.2) is 0 Å². The number of benzene rings is 1. The van der Waals surface area contributed by atoms with Gasteiger partial charge in [0.2, 0.25) is 0 Å². The fourth-order valence-electron chi connectivity index (χ4n) is 1.84. The van der Waals surface area contributed by atoms with Crippen molar-refractivity contribution in [2.45, 2.75) is 20.3 Å². The number of nitrogens with two attached hydrogens (primary N) is 1. The molecule has 1 aromatic heterocycles. The predicted octanol–water partition coefficient (Wildman–Crippen LogP) is 3.29. The lowest BCUT2D eigenvalue weighted by Crippen LogP contribution is -2.13. The standard InChI is InChI=1S/C15H18N2OS/c1-10(2)7-8-18-14-11-5-3-4-6-13(11)17-9-12(14)15(16)19/h3-6,9-10H,7-8H2,1-2H3,(H2,16,19). The van der Waals surface area contributed by atoms with E-state index in [9.17, 15) is 0 Å². The van der Waals surface area contributed by atoms with Crippen LogP contribution in [0.4, 0.5) is 0 Å². The summed E-state index contributed by atoms with van der Waals surface area (Å²) < 4.78 is 5.92. The monoisotopic (exact) mass is 274 g/mol. The molecule has 0 radical (unpaired) electrons. The van der Waals surface area contributed by atoms with E-state index < -0.39 is 0 Å². The van der Waals surface area contributed by atoms with Crippen molar-refractivity contribution in [2.75, 3.05) is 6.61 Å². The minimum Gasteiger partial charge on any atom is -0.492 e. The zero-order chi connectivity index (χ0) is 13.8. The maximum atomic E-state index is 5.92. The molecule has 0 bridgehead atoms. The Morgan fingerprint density at radius 2 is 2.11 bits per heavy atom. The zero-order valence-electron chi connectivity index (χ0n) is 11.2. The summed E-state index contributed by atoms with van der Waals surface area (Å²) in [6.45, 7) is 4.99. The van der Waals surface area contributed by atoms with Crippen LogP contribution in [0.3, 0.4) is 0 Å². The number of pyridine rings is 1. The van der Waals surface area contributed by atoms with Crippen LogP contribution in [0.25, 0.3) is 10.9 Å². The Hall–Kier alpha value is -1.68. The first kappa shape index (κ1) is 13.7. The van der Waals surface area contributed by atoms with Gasteiger partial charge in [-0.2, -0.15) is 0 Å². The van der Waals surface area contributed by atoms with Crippen molar-refractivity contribution in [2.24, 2.45) is 11.7 Å². The number of fused-ring (bicyclic) bond motifs is 1. The highest BCUT2D eigenvalue weighted by atomic mass is 32.1. The lowest BCUT2D eigenvalue weighted by molar-refractivity contribution is 0.292. The van der Waals surface area contributed by atoms with Gasteiger partial charge in [-0.3, -0.25) is 4.98 Å². The molecule has 4 heteroatoms. The Morgan fingerprint density at radius 3 is 2.79 bits per heavy atom. The minimum atomic E-state index is 0.317. The average Bonchev–Trinajstić information content (AvgIpc) is 2.38. The van der Waals surface area contributed by atoms with Crippen LogP contribution in [0, 0.1) is 5.92 Å². The van der Waals surface area contributed by atoms with Gasteiger partial charge in [-0.1, -0.05) is 38.2 Å². The number of para-hydroxylation sites is 1. The number of thiocarbonyl (C=S) groups is 1. The molecule has 0 amide bonds. The van der Waals surface area contributed by atoms with Crippen LogP contribution in [0.2, 0.25) is 0 Å². The van der Waals surface area contributed by atoms with E-state index in [1.165, 1.54) is 0 Å². The maximum absolute atomic E-state index is 5.92. The van der Waals surface area contributed by atoms with E-state index in [2.05, 4.69) is 18.8 Å². The highest BCUT2D eigenvalue weighted by molar-refractivity contribution is 7.80. The van der Waals surface area contributed by atoms with Crippen LogP contribution in [0.15, 0.2) is 30.5 Å². The van der Waals surface area contributed by atoms with Crippen molar-refractivity contribution in [3.63, 3.8) is 0 Å². The van der Waals surface area contributed by atoms with Crippen molar-refractivity contribution in [1.82, 2.24) is 4.98 Å². The number of ether oxygens (including phenoxy) is 1.